The monoisotopic (exact) mass is 396 g/mol. The predicted octanol–water partition coefficient (Wildman–Crippen LogP) is 4.74. The fourth-order valence-electron chi connectivity index (χ4n) is 3.23. The molecule has 5 nitrogen and oxygen atoms in total. The van der Waals surface area contributed by atoms with Crippen molar-refractivity contribution in [2.24, 2.45) is 4.99 Å². The van der Waals surface area contributed by atoms with Crippen LogP contribution in [-0.2, 0) is 11.2 Å². The molecule has 0 aliphatic heterocycles. The second-order valence-electron chi connectivity index (χ2n) is 6.85. The summed E-state index contributed by atoms with van der Waals surface area (Å²) in [4.78, 5) is 29.3. The minimum Gasteiger partial charge on any atom is -0.480 e. The number of fused-ring (bicyclic) bond motifs is 1. The van der Waals surface area contributed by atoms with Gasteiger partial charge in [-0.25, -0.2) is 4.79 Å². The molecule has 0 saturated carbocycles. The summed E-state index contributed by atoms with van der Waals surface area (Å²) in [6.45, 7) is 5.90. The van der Waals surface area contributed by atoms with Gasteiger partial charge in [-0.05, 0) is 49.6 Å². The smallest absolute Gasteiger partial charge is 0.326 e. The molecule has 1 amide bonds. The van der Waals surface area contributed by atoms with Gasteiger partial charge in [-0.2, -0.15) is 4.99 Å². The highest BCUT2D eigenvalue weighted by molar-refractivity contribution is 7.16. The molecular formula is C22H24N2O3S. The molecule has 0 saturated heterocycles. The number of carboxylic acids is 1. The molecule has 1 heterocycles. The zero-order valence-electron chi connectivity index (χ0n) is 16.3. The number of amides is 1. The number of carbonyl (C=O) groups excluding carboxylic acids is 1. The molecular weight excluding hydrogens is 372 g/mol. The number of hydrogen-bond acceptors (Lipinski definition) is 3. The van der Waals surface area contributed by atoms with E-state index in [2.05, 4.69) is 18.0 Å². The molecule has 28 heavy (non-hydrogen) atoms. The molecule has 6 heteroatoms. The highest BCUT2D eigenvalue weighted by atomic mass is 32.1. The molecule has 0 bridgehead atoms. The number of thiazole rings is 1. The molecule has 1 aromatic heterocycles. The van der Waals surface area contributed by atoms with E-state index < -0.39 is 12.0 Å². The van der Waals surface area contributed by atoms with Crippen molar-refractivity contribution in [3.05, 3.63) is 64.0 Å². The summed E-state index contributed by atoms with van der Waals surface area (Å²) >= 11 is 1.36. The Balaban J connectivity index is 2.19. The van der Waals surface area contributed by atoms with Crippen LogP contribution in [0.15, 0.2) is 47.5 Å². The summed E-state index contributed by atoms with van der Waals surface area (Å²) in [5, 5.41) is 9.71. The van der Waals surface area contributed by atoms with Crippen molar-refractivity contribution < 1.29 is 14.7 Å². The Morgan fingerprint density at radius 1 is 1.14 bits per heavy atom. The van der Waals surface area contributed by atoms with Crippen molar-refractivity contribution in [2.75, 3.05) is 0 Å². The quantitative estimate of drug-likeness (QED) is 0.654. The minimum atomic E-state index is -0.927. The summed E-state index contributed by atoms with van der Waals surface area (Å²) < 4.78 is 2.63. The maximum absolute atomic E-state index is 12.7. The van der Waals surface area contributed by atoms with Gasteiger partial charge in [-0.3, -0.25) is 4.79 Å². The van der Waals surface area contributed by atoms with Crippen LogP contribution in [0.4, 0.5) is 0 Å². The number of hydrogen-bond donors (Lipinski definition) is 1. The average molecular weight is 397 g/mol. The lowest BCUT2D eigenvalue weighted by Crippen LogP contribution is -2.27. The SMILES string of the molecule is CCCc1ccc2c(c1)s/c(=N\C(=O)c1ccc(C)cc1)n2C(CC)C(=O)O. The number of aromatic nitrogens is 1. The first kappa shape index (κ1) is 20.0. The number of carboxylic acid groups (broad SMARTS) is 1. The van der Waals surface area contributed by atoms with Crippen LogP contribution in [0, 0.1) is 6.92 Å². The van der Waals surface area contributed by atoms with Crippen molar-refractivity contribution >= 4 is 33.4 Å². The van der Waals surface area contributed by atoms with Gasteiger partial charge in [0.25, 0.3) is 5.91 Å². The molecule has 0 radical (unpaired) electrons. The van der Waals surface area contributed by atoms with Crippen LogP contribution in [-0.4, -0.2) is 21.6 Å². The maximum atomic E-state index is 12.7. The van der Waals surface area contributed by atoms with Crippen LogP contribution >= 0.6 is 11.3 Å². The number of nitrogens with zero attached hydrogens (tertiary/aromatic N) is 2. The van der Waals surface area contributed by atoms with Crippen LogP contribution in [0.3, 0.4) is 0 Å². The molecule has 0 spiro atoms. The lowest BCUT2D eigenvalue weighted by Gasteiger charge is -2.13. The van der Waals surface area contributed by atoms with Crippen LogP contribution in [0.5, 0.6) is 0 Å². The Kier molecular flexibility index (Phi) is 6.09. The summed E-state index contributed by atoms with van der Waals surface area (Å²) in [6, 6.07) is 12.5. The van der Waals surface area contributed by atoms with Crippen LogP contribution < -0.4 is 4.80 Å². The van der Waals surface area contributed by atoms with E-state index in [0.717, 1.165) is 28.6 Å². The molecule has 146 valence electrons. The van der Waals surface area contributed by atoms with Crippen molar-refractivity contribution in [1.29, 1.82) is 0 Å². The normalized spacial score (nSPS) is 13.0. The van der Waals surface area contributed by atoms with E-state index in [1.54, 1.807) is 16.7 Å². The second kappa shape index (κ2) is 8.52. The first-order valence-corrected chi connectivity index (χ1v) is 10.3. The fourth-order valence-corrected chi connectivity index (χ4v) is 4.36. The van der Waals surface area contributed by atoms with Crippen molar-refractivity contribution in [3.63, 3.8) is 0 Å². The Morgan fingerprint density at radius 2 is 1.86 bits per heavy atom. The lowest BCUT2D eigenvalue weighted by molar-refractivity contribution is -0.140. The van der Waals surface area contributed by atoms with Gasteiger partial charge in [-0.1, -0.05) is 55.4 Å². The summed E-state index contributed by atoms with van der Waals surface area (Å²) in [5.74, 6) is -1.29. The van der Waals surface area contributed by atoms with E-state index in [1.807, 2.05) is 38.1 Å². The highest BCUT2D eigenvalue weighted by Crippen LogP contribution is 2.24. The number of aryl methyl sites for hydroxylation is 2. The van der Waals surface area contributed by atoms with E-state index in [-0.39, 0.29) is 5.91 Å². The van der Waals surface area contributed by atoms with Gasteiger partial charge in [0.1, 0.15) is 6.04 Å². The van der Waals surface area contributed by atoms with Gasteiger partial charge >= 0.3 is 5.97 Å². The predicted molar refractivity (Wildman–Crippen MR) is 112 cm³/mol. The van der Waals surface area contributed by atoms with E-state index >= 15 is 0 Å². The number of carbonyl (C=O) groups is 2. The molecule has 0 fully saturated rings. The third kappa shape index (κ3) is 4.07. The largest absolute Gasteiger partial charge is 0.480 e. The van der Waals surface area contributed by atoms with E-state index in [9.17, 15) is 14.7 Å². The number of rotatable bonds is 6. The number of benzene rings is 2. The van der Waals surface area contributed by atoms with Crippen molar-refractivity contribution in [1.82, 2.24) is 4.57 Å². The molecule has 0 aliphatic rings. The van der Waals surface area contributed by atoms with Gasteiger partial charge in [-0.15, -0.1) is 0 Å². The topological polar surface area (TPSA) is 71.7 Å². The summed E-state index contributed by atoms with van der Waals surface area (Å²) in [5.41, 5.74) is 3.55. The van der Waals surface area contributed by atoms with Crippen LogP contribution in [0.25, 0.3) is 10.2 Å². The average Bonchev–Trinajstić information content (AvgIpc) is 3.00. The standard InChI is InChI=1S/C22H24N2O3S/c1-4-6-15-9-12-18-19(13-15)28-22(24(18)17(5-2)21(26)27)23-20(25)16-10-7-14(3)8-11-16/h7-13,17H,4-6H2,1-3H3,(H,26,27)/b23-22-. The third-order valence-electron chi connectivity index (χ3n) is 4.71. The van der Waals surface area contributed by atoms with E-state index in [4.69, 9.17) is 0 Å². The Labute approximate surface area is 168 Å². The molecule has 1 N–H and O–H groups in total. The number of aliphatic carboxylic acids is 1. The van der Waals surface area contributed by atoms with Gasteiger partial charge in [0, 0.05) is 5.56 Å². The molecule has 2 aromatic carbocycles. The first-order valence-electron chi connectivity index (χ1n) is 9.47. The van der Waals surface area contributed by atoms with Crippen LogP contribution in [0.1, 0.15) is 54.2 Å². The van der Waals surface area contributed by atoms with Gasteiger partial charge < -0.3 is 9.67 Å². The molecule has 1 unspecified atom stereocenters. The second-order valence-corrected chi connectivity index (χ2v) is 7.86. The zero-order valence-corrected chi connectivity index (χ0v) is 17.1. The molecule has 1 atom stereocenters. The van der Waals surface area contributed by atoms with Crippen molar-refractivity contribution in [3.8, 4) is 0 Å². The lowest BCUT2D eigenvalue weighted by atomic mass is 10.1. The maximum Gasteiger partial charge on any atom is 0.326 e. The van der Waals surface area contributed by atoms with Gasteiger partial charge in [0.05, 0.1) is 10.2 Å². The summed E-state index contributed by atoms with van der Waals surface area (Å²) in [6.07, 6.45) is 2.40. The Hall–Kier alpha value is -2.73. The van der Waals surface area contributed by atoms with Gasteiger partial charge in [0.2, 0.25) is 0 Å². The van der Waals surface area contributed by atoms with Gasteiger partial charge in [0.15, 0.2) is 4.80 Å². The fraction of sp³-hybridized carbons (Fsp3) is 0.318. The van der Waals surface area contributed by atoms with E-state index in [0.29, 0.717) is 16.8 Å². The Bertz CT molecular complexity index is 1080. The van der Waals surface area contributed by atoms with Crippen molar-refractivity contribution in [2.45, 2.75) is 46.1 Å². The molecule has 3 aromatic rings. The molecule has 0 aliphatic carbocycles. The molecule has 3 rings (SSSR count). The summed E-state index contributed by atoms with van der Waals surface area (Å²) in [7, 11) is 0. The zero-order chi connectivity index (χ0) is 20.3. The Morgan fingerprint density at radius 3 is 2.46 bits per heavy atom. The minimum absolute atomic E-state index is 0.366. The van der Waals surface area contributed by atoms with Crippen LogP contribution in [0.2, 0.25) is 0 Å². The van der Waals surface area contributed by atoms with E-state index in [1.165, 1.54) is 16.9 Å². The highest BCUT2D eigenvalue weighted by Gasteiger charge is 2.22. The third-order valence-corrected chi connectivity index (χ3v) is 5.73. The first-order chi connectivity index (χ1) is 13.4.